The quantitative estimate of drug-likeness (QED) is 0.704. The fourth-order valence-electron chi connectivity index (χ4n) is 3.11. The predicted octanol–water partition coefficient (Wildman–Crippen LogP) is 4.97. The Bertz CT molecular complexity index is 643. The highest BCUT2D eigenvalue weighted by Gasteiger charge is 2.20. The van der Waals surface area contributed by atoms with Crippen molar-refractivity contribution in [3.63, 3.8) is 0 Å². The summed E-state index contributed by atoms with van der Waals surface area (Å²) in [6.07, 6.45) is 3.83. The Kier molecular flexibility index (Phi) is 5.65. The molecule has 1 aliphatic heterocycles. The van der Waals surface area contributed by atoms with E-state index < -0.39 is 0 Å². The molecule has 1 saturated heterocycles. The zero-order chi connectivity index (χ0) is 16.8. The number of ketones is 1. The number of hydrogen-bond donors (Lipinski definition) is 0. The van der Waals surface area contributed by atoms with Crippen LogP contribution in [0.1, 0.15) is 54.4 Å². The van der Waals surface area contributed by atoms with Crippen molar-refractivity contribution in [1.82, 2.24) is 0 Å². The van der Waals surface area contributed by atoms with Crippen LogP contribution in [0, 0.1) is 0 Å². The largest absolute Gasteiger partial charge is 0.465 e. The summed E-state index contributed by atoms with van der Waals surface area (Å²) < 4.78 is 11.5. The number of benzene rings is 2. The van der Waals surface area contributed by atoms with Crippen LogP contribution in [0.5, 0.6) is 5.75 Å². The SMILES string of the molecule is CCC(C(=O)c1ccccc1)c1ccc(OC2CCCCO2)cc1. The van der Waals surface area contributed by atoms with Crippen molar-refractivity contribution in [3.8, 4) is 5.75 Å². The second kappa shape index (κ2) is 8.11. The molecule has 24 heavy (non-hydrogen) atoms. The number of carbonyl (C=O) groups is 1. The molecule has 0 aliphatic carbocycles. The molecule has 3 rings (SSSR count). The number of hydrogen-bond acceptors (Lipinski definition) is 3. The number of Topliss-reactive ketones (excluding diaryl/α,β-unsaturated/α-hetero) is 1. The number of ether oxygens (including phenoxy) is 2. The average Bonchev–Trinajstić information content (AvgIpc) is 2.65. The zero-order valence-corrected chi connectivity index (χ0v) is 14.1. The van der Waals surface area contributed by atoms with Gasteiger partial charge in [0.1, 0.15) is 5.75 Å². The lowest BCUT2D eigenvalue weighted by atomic mass is 9.88. The minimum atomic E-state index is -0.141. The van der Waals surface area contributed by atoms with E-state index in [1.165, 1.54) is 0 Å². The molecule has 0 aromatic heterocycles. The molecular formula is C21H24O3. The molecule has 1 aliphatic rings. The lowest BCUT2D eigenvalue weighted by molar-refractivity contribution is -0.105. The van der Waals surface area contributed by atoms with Gasteiger partial charge in [-0.15, -0.1) is 0 Å². The summed E-state index contributed by atoms with van der Waals surface area (Å²) >= 11 is 0. The van der Waals surface area contributed by atoms with E-state index in [0.717, 1.165) is 49.2 Å². The lowest BCUT2D eigenvalue weighted by Gasteiger charge is -2.23. The first-order valence-electron chi connectivity index (χ1n) is 8.75. The third-order valence-corrected chi connectivity index (χ3v) is 4.47. The maximum Gasteiger partial charge on any atom is 0.199 e. The van der Waals surface area contributed by atoms with Crippen molar-refractivity contribution in [2.75, 3.05) is 6.61 Å². The van der Waals surface area contributed by atoms with E-state index in [9.17, 15) is 4.79 Å². The van der Waals surface area contributed by atoms with Gasteiger partial charge < -0.3 is 9.47 Å². The van der Waals surface area contributed by atoms with Crippen molar-refractivity contribution in [2.24, 2.45) is 0 Å². The van der Waals surface area contributed by atoms with Gasteiger partial charge in [0.2, 0.25) is 0 Å². The molecule has 0 spiro atoms. The minimum Gasteiger partial charge on any atom is -0.465 e. The fraction of sp³-hybridized carbons (Fsp3) is 0.381. The minimum absolute atomic E-state index is 0.118. The highest BCUT2D eigenvalue weighted by Crippen LogP contribution is 2.27. The van der Waals surface area contributed by atoms with E-state index >= 15 is 0 Å². The Morgan fingerprint density at radius 3 is 2.50 bits per heavy atom. The van der Waals surface area contributed by atoms with E-state index in [1.807, 2.05) is 61.5 Å². The van der Waals surface area contributed by atoms with E-state index in [4.69, 9.17) is 9.47 Å². The lowest BCUT2D eigenvalue weighted by Crippen LogP contribution is -2.24. The molecule has 2 aromatic carbocycles. The second-order valence-corrected chi connectivity index (χ2v) is 6.17. The molecule has 2 atom stereocenters. The Morgan fingerprint density at radius 1 is 1.12 bits per heavy atom. The third-order valence-electron chi connectivity index (χ3n) is 4.47. The highest BCUT2D eigenvalue weighted by molar-refractivity contribution is 6.00. The van der Waals surface area contributed by atoms with Crippen molar-refractivity contribution < 1.29 is 14.3 Å². The van der Waals surface area contributed by atoms with Gasteiger partial charge in [-0.25, -0.2) is 0 Å². The molecule has 1 fully saturated rings. The summed E-state index contributed by atoms with van der Waals surface area (Å²) in [5.74, 6) is 0.849. The van der Waals surface area contributed by atoms with Gasteiger partial charge in [-0.05, 0) is 37.0 Å². The standard InChI is InChI=1S/C21H24O3/c1-2-19(21(22)17-8-4-3-5-9-17)16-11-13-18(14-12-16)24-20-10-6-7-15-23-20/h3-5,8-9,11-14,19-20H,2,6-7,10,15H2,1H3. The van der Waals surface area contributed by atoms with Crippen LogP contribution < -0.4 is 4.74 Å². The summed E-state index contributed by atoms with van der Waals surface area (Å²) in [5.41, 5.74) is 1.79. The van der Waals surface area contributed by atoms with Crippen LogP contribution in [-0.4, -0.2) is 18.7 Å². The second-order valence-electron chi connectivity index (χ2n) is 6.17. The van der Waals surface area contributed by atoms with Gasteiger partial charge in [-0.2, -0.15) is 0 Å². The Balaban J connectivity index is 1.69. The van der Waals surface area contributed by atoms with Crippen LogP contribution in [-0.2, 0) is 4.74 Å². The normalized spacial score (nSPS) is 18.8. The summed E-state index contributed by atoms with van der Waals surface area (Å²) in [5, 5.41) is 0. The van der Waals surface area contributed by atoms with Gasteiger partial charge in [-0.3, -0.25) is 4.79 Å². The smallest absolute Gasteiger partial charge is 0.199 e. The fourth-order valence-corrected chi connectivity index (χ4v) is 3.11. The van der Waals surface area contributed by atoms with Crippen molar-refractivity contribution >= 4 is 5.78 Å². The highest BCUT2D eigenvalue weighted by atomic mass is 16.7. The molecule has 0 bridgehead atoms. The number of carbonyl (C=O) groups excluding carboxylic acids is 1. The van der Waals surface area contributed by atoms with E-state index in [-0.39, 0.29) is 18.0 Å². The molecule has 126 valence electrons. The topological polar surface area (TPSA) is 35.5 Å². The van der Waals surface area contributed by atoms with Gasteiger partial charge in [0.05, 0.1) is 6.61 Å². The van der Waals surface area contributed by atoms with Crippen LogP contribution in [0.4, 0.5) is 0 Å². The Labute approximate surface area is 143 Å². The predicted molar refractivity (Wildman–Crippen MR) is 94.5 cm³/mol. The molecule has 2 aromatic rings. The molecule has 0 amide bonds. The average molecular weight is 324 g/mol. The number of rotatable bonds is 6. The molecule has 0 saturated carbocycles. The Morgan fingerprint density at radius 2 is 1.88 bits per heavy atom. The molecular weight excluding hydrogens is 300 g/mol. The van der Waals surface area contributed by atoms with Gasteiger partial charge in [0.25, 0.3) is 0 Å². The maximum absolute atomic E-state index is 12.7. The van der Waals surface area contributed by atoms with Crippen molar-refractivity contribution in [2.45, 2.75) is 44.8 Å². The van der Waals surface area contributed by atoms with Crippen LogP contribution in [0.15, 0.2) is 54.6 Å². The molecule has 3 nitrogen and oxygen atoms in total. The van der Waals surface area contributed by atoms with Gasteiger partial charge in [0, 0.05) is 17.9 Å². The van der Waals surface area contributed by atoms with E-state index in [0.29, 0.717) is 0 Å². The van der Waals surface area contributed by atoms with Gasteiger partial charge >= 0.3 is 0 Å². The monoisotopic (exact) mass is 324 g/mol. The zero-order valence-electron chi connectivity index (χ0n) is 14.1. The van der Waals surface area contributed by atoms with Crippen LogP contribution in [0.2, 0.25) is 0 Å². The summed E-state index contributed by atoms with van der Waals surface area (Å²) in [6, 6.07) is 17.4. The first-order chi connectivity index (χ1) is 11.8. The molecule has 0 N–H and O–H groups in total. The molecule has 1 heterocycles. The third kappa shape index (κ3) is 4.04. The van der Waals surface area contributed by atoms with Crippen LogP contribution in [0.25, 0.3) is 0 Å². The van der Waals surface area contributed by atoms with E-state index in [1.54, 1.807) is 0 Å². The summed E-state index contributed by atoms with van der Waals surface area (Å²) in [6.45, 7) is 2.82. The van der Waals surface area contributed by atoms with Crippen molar-refractivity contribution in [1.29, 1.82) is 0 Å². The van der Waals surface area contributed by atoms with Gasteiger partial charge in [0.15, 0.2) is 12.1 Å². The molecule has 3 heteroatoms. The van der Waals surface area contributed by atoms with Crippen LogP contribution >= 0.6 is 0 Å². The Hall–Kier alpha value is -2.13. The maximum atomic E-state index is 12.7. The van der Waals surface area contributed by atoms with E-state index in [2.05, 4.69) is 0 Å². The molecule has 0 radical (unpaired) electrons. The van der Waals surface area contributed by atoms with Gasteiger partial charge in [-0.1, -0.05) is 49.4 Å². The summed E-state index contributed by atoms with van der Waals surface area (Å²) in [7, 11) is 0. The summed E-state index contributed by atoms with van der Waals surface area (Å²) in [4.78, 5) is 12.7. The first kappa shape index (κ1) is 16.7. The van der Waals surface area contributed by atoms with Crippen LogP contribution in [0.3, 0.4) is 0 Å². The first-order valence-corrected chi connectivity index (χ1v) is 8.75. The molecule has 2 unspecified atom stereocenters. The van der Waals surface area contributed by atoms with Crippen molar-refractivity contribution in [3.05, 3.63) is 65.7 Å².